The minimum absolute atomic E-state index is 0.117. The van der Waals surface area contributed by atoms with Gasteiger partial charge in [0.1, 0.15) is 0 Å². The molecule has 136 valence electrons. The first-order valence-corrected chi connectivity index (χ1v) is 9.27. The van der Waals surface area contributed by atoms with Crippen molar-refractivity contribution in [2.45, 2.75) is 13.8 Å². The number of nitrogens with one attached hydrogen (secondary N) is 2. The molecule has 0 spiro atoms. The Bertz CT molecular complexity index is 973. The van der Waals surface area contributed by atoms with Gasteiger partial charge in [0.05, 0.1) is 10.7 Å². The van der Waals surface area contributed by atoms with Crippen LogP contribution in [0.1, 0.15) is 17.5 Å². The Morgan fingerprint density at radius 3 is 2.19 bits per heavy atom. The molecule has 0 saturated heterocycles. The number of thiazole rings is 1. The van der Waals surface area contributed by atoms with Crippen LogP contribution in [0.15, 0.2) is 60.0 Å². The van der Waals surface area contributed by atoms with Gasteiger partial charge in [-0.1, -0.05) is 24.3 Å². The van der Waals surface area contributed by atoms with Crippen LogP contribution in [-0.4, -0.2) is 16.8 Å². The van der Waals surface area contributed by atoms with Crippen LogP contribution in [0.5, 0.6) is 0 Å². The van der Waals surface area contributed by atoms with E-state index in [0.717, 1.165) is 33.2 Å². The van der Waals surface area contributed by atoms with Crippen molar-refractivity contribution in [3.05, 3.63) is 70.6 Å². The summed E-state index contributed by atoms with van der Waals surface area (Å²) >= 11 is 1.61. The lowest BCUT2D eigenvalue weighted by Crippen LogP contribution is -2.07. The highest BCUT2D eigenvalue weighted by molar-refractivity contribution is 7.09. The Labute approximate surface area is 161 Å². The highest BCUT2D eigenvalue weighted by Gasteiger charge is 2.03. The number of carbonyl (C=O) groups is 2. The van der Waals surface area contributed by atoms with Crippen molar-refractivity contribution in [2.75, 3.05) is 10.6 Å². The molecule has 0 atom stereocenters. The van der Waals surface area contributed by atoms with Gasteiger partial charge in [0, 0.05) is 35.3 Å². The van der Waals surface area contributed by atoms with E-state index in [0.29, 0.717) is 0 Å². The Morgan fingerprint density at radius 2 is 1.59 bits per heavy atom. The maximum atomic E-state index is 12.1. The number of anilines is 2. The van der Waals surface area contributed by atoms with Gasteiger partial charge in [-0.2, -0.15) is 0 Å². The van der Waals surface area contributed by atoms with E-state index in [2.05, 4.69) is 15.6 Å². The molecule has 0 bridgehead atoms. The first-order valence-electron chi connectivity index (χ1n) is 8.39. The third-order valence-electron chi connectivity index (χ3n) is 3.73. The molecular formula is C21H19N3O2S. The molecular weight excluding hydrogens is 358 g/mol. The molecule has 27 heavy (non-hydrogen) atoms. The third kappa shape index (κ3) is 5.36. The second-order valence-corrected chi connectivity index (χ2v) is 7.02. The molecule has 5 nitrogen and oxygen atoms in total. The number of rotatable bonds is 5. The molecule has 3 rings (SSSR count). The number of amides is 2. The number of hydrogen-bond acceptors (Lipinski definition) is 4. The molecule has 0 saturated carbocycles. The van der Waals surface area contributed by atoms with Gasteiger partial charge in [0.25, 0.3) is 0 Å². The van der Waals surface area contributed by atoms with Gasteiger partial charge < -0.3 is 10.6 Å². The van der Waals surface area contributed by atoms with Gasteiger partial charge in [-0.15, -0.1) is 11.3 Å². The van der Waals surface area contributed by atoms with Crippen molar-refractivity contribution in [1.82, 2.24) is 4.98 Å². The van der Waals surface area contributed by atoms with Crippen LogP contribution in [-0.2, 0) is 9.59 Å². The van der Waals surface area contributed by atoms with Crippen molar-refractivity contribution in [1.29, 1.82) is 0 Å². The predicted molar refractivity (Wildman–Crippen MR) is 111 cm³/mol. The topological polar surface area (TPSA) is 71.1 Å². The second-order valence-electron chi connectivity index (χ2n) is 5.95. The normalized spacial score (nSPS) is 10.7. The minimum atomic E-state index is -0.210. The molecule has 2 N–H and O–H groups in total. The van der Waals surface area contributed by atoms with Crippen LogP contribution in [0.3, 0.4) is 0 Å². The van der Waals surface area contributed by atoms with Crippen molar-refractivity contribution in [3.63, 3.8) is 0 Å². The van der Waals surface area contributed by atoms with E-state index in [9.17, 15) is 9.59 Å². The quantitative estimate of drug-likeness (QED) is 0.632. The van der Waals surface area contributed by atoms with Crippen LogP contribution in [0.2, 0.25) is 0 Å². The summed E-state index contributed by atoms with van der Waals surface area (Å²) in [5.41, 5.74) is 4.28. The lowest BCUT2D eigenvalue weighted by atomic mass is 10.1. The summed E-state index contributed by atoms with van der Waals surface area (Å²) in [6.45, 7) is 3.44. The number of aryl methyl sites for hydroxylation is 1. The Hall–Kier alpha value is -3.25. The van der Waals surface area contributed by atoms with Crippen molar-refractivity contribution in [3.8, 4) is 11.3 Å². The standard InChI is InChI=1S/C21H19N3O2S/c1-14(25)22-18-8-3-16(4-9-18)5-12-21(26)24-19-10-6-17(7-11-19)20-13-27-15(2)23-20/h3-13H,1-2H3,(H,22,25)(H,24,26)/b12-5+. The molecule has 6 heteroatoms. The van der Waals surface area contributed by atoms with E-state index in [1.54, 1.807) is 29.5 Å². The van der Waals surface area contributed by atoms with Gasteiger partial charge >= 0.3 is 0 Å². The zero-order chi connectivity index (χ0) is 19.2. The monoisotopic (exact) mass is 377 g/mol. The fourth-order valence-electron chi connectivity index (χ4n) is 2.46. The molecule has 0 aliphatic heterocycles. The zero-order valence-corrected chi connectivity index (χ0v) is 15.8. The molecule has 0 aliphatic carbocycles. The Kier molecular flexibility index (Phi) is 5.78. The van der Waals surface area contributed by atoms with Gasteiger partial charge in [-0.3, -0.25) is 9.59 Å². The average Bonchev–Trinajstić information content (AvgIpc) is 3.08. The van der Waals surface area contributed by atoms with Crippen molar-refractivity contribution >= 4 is 40.6 Å². The summed E-state index contributed by atoms with van der Waals surface area (Å²) in [4.78, 5) is 27.6. The minimum Gasteiger partial charge on any atom is -0.326 e. The van der Waals surface area contributed by atoms with Crippen LogP contribution in [0.25, 0.3) is 17.3 Å². The van der Waals surface area contributed by atoms with Crippen molar-refractivity contribution < 1.29 is 9.59 Å². The molecule has 0 unspecified atom stereocenters. The fourth-order valence-corrected chi connectivity index (χ4v) is 3.08. The molecule has 3 aromatic rings. The van der Waals surface area contributed by atoms with Crippen molar-refractivity contribution in [2.24, 2.45) is 0 Å². The molecule has 2 amide bonds. The Balaban J connectivity index is 1.58. The summed E-state index contributed by atoms with van der Waals surface area (Å²) in [7, 11) is 0. The number of nitrogens with zero attached hydrogens (tertiary/aromatic N) is 1. The van der Waals surface area contributed by atoms with Gasteiger partial charge in [0.2, 0.25) is 11.8 Å². The molecule has 0 aliphatic rings. The maximum Gasteiger partial charge on any atom is 0.248 e. The SMILES string of the molecule is CC(=O)Nc1ccc(/C=C/C(=O)Nc2ccc(-c3csc(C)n3)cc2)cc1. The first-order chi connectivity index (χ1) is 13.0. The molecule has 0 radical (unpaired) electrons. The van der Waals surface area contributed by atoms with Crippen LogP contribution in [0, 0.1) is 6.92 Å². The molecule has 1 heterocycles. The van der Waals surface area contributed by atoms with E-state index in [1.165, 1.54) is 13.0 Å². The summed E-state index contributed by atoms with van der Waals surface area (Å²) in [5.74, 6) is -0.327. The summed E-state index contributed by atoms with van der Waals surface area (Å²) < 4.78 is 0. The zero-order valence-electron chi connectivity index (χ0n) is 15.0. The molecule has 1 aromatic heterocycles. The third-order valence-corrected chi connectivity index (χ3v) is 4.50. The smallest absolute Gasteiger partial charge is 0.248 e. The van der Waals surface area contributed by atoms with E-state index >= 15 is 0 Å². The van der Waals surface area contributed by atoms with Gasteiger partial charge in [-0.25, -0.2) is 4.98 Å². The largest absolute Gasteiger partial charge is 0.326 e. The highest BCUT2D eigenvalue weighted by Crippen LogP contribution is 2.23. The Morgan fingerprint density at radius 1 is 0.963 bits per heavy atom. The lowest BCUT2D eigenvalue weighted by molar-refractivity contribution is -0.114. The molecule has 2 aromatic carbocycles. The summed E-state index contributed by atoms with van der Waals surface area (Å²) in [6, 6.07) is 14.8. The van der Waals surface area contributed by atoms with Crippen LogP contribution >= 0.6 is 11.3 Å². The van der Waals surface area contributed by atoms with Crippen LogP contribution < -0.4 is 10.6 Å². The summed E-state index contributed by atoms with van der Waals surface area (Å²) in [6.07, 6.45) is 3.20. The summed E-state index contributed by atoms with van der Waals surface area (Å²) in [5, 5.41) is 8.58. The van der Waals surface area contributed by atoms with E-state index in [1.807, 2.05) is 48.7 Å². The van der Waals surface area contributed by atoms with E-state index in [-0.39, 0.29) is 11.8 Å². The highest BCUT2D eigenvalue weighted by atomic mass is 32.1. The van der Waals surface area contributed by atoms with E-state index in [4.69, 9.17) is 0 Å². The lowest BCUT2D eigenvalue weighted by Gasteiger charge is -2.04. The predicted octanol–water partition coefficient (Wildman–Crippen LogP) is 4.73. The number of benzene rings is 2. The maximum absolute atomic E-state index is 12.1. The average molecular weight is 377 g/mol. The molecule has 0 fully saturated rings. The van der Waals surface area contributed by atoms with E-state index < -0.39 is 0 Å². The number of aromatic nitrogens is 1. The van der Waals surface area contributed by atoms with Crippen LogP contribution in [0.4, 0.5) is 11.4 Å². The second kappa shape index (κ2) is 8.42. The fraction of sp³-hybridized carbons (Fsp3) is 0.0952. The number of hydrogen-bond donors (Lipinski definition) is 2. The first kappa shape index (κ1) is 18.5. The van der Waals surface area contributed by atoms with Gasteiger partial charge in [0.15, 0.2) is 0 Å². The number of carbonyl (C=O) groups excluding carboxylic acids is 2. The van der Waals surface area contributed by atoms with Gasteiger partial charge in [-0.05, 0) is 42.8 Å².